The van der Waals surface area contributed by atoms with E-state index >= 15 is 0 Å². The zero-order valence-electron chi connectivity index (χ0n) is 12.3. The van der Waals surface area contributed by atoms with Crippen molar-refractivity contribution in [1.29, 1.82) is 0 Å². The number of nitrogens with two attached hydrogens (primary N) is 1. The van der Waals surface area contributed by atoms with Gasteiger partial charge in [-0.2, -0.15) is 0 Å². The fourth-order valence-corrected chi connectivity index (χ4v) is 1.95. The van der Waals surface area contributed by atoms with Gasteiger partial charge in [0.25, 0.3) is 0 Å². The number of anilines is 1. The highest BCUT2D eigenvalue weighted by Gasteiger charge is 2.32. The lowest BCUT2D eigenvalue weighted by molar-refractivity contribution is -0.135. The Hall–Kier alpha value is -1.55. The van der Waals surface area contributed by atoms with Gasteiger partial charge in [-0.15, -0.1) is 0 Å². The molecular formula is C15H24N2O2. The van der Waals surface area contributed by atoms with Gasteiger partial charge in [0, 0.05) is 25.9 Å². The maximum atomic E-state index is 12.5. The van der Waals surface area contributed by atoms with Crippen LogP contribution in [0.4, 0.5) is 5.69 Å². The number of benzene rings is 1. The number of nitrogen functional groups attached to an aromatic ring is 1. The number of likely N-dealkylation sites (N-methyl/N-ethyl adjacent to an activating group) is 1. The van der Waals surface area contributed by atoms with Gasteiger partial charge in [-0.05, 0) is 38.5 Å². The monoisotopic (exact) mass is 264 g/mol. The fourth-order valence-electron chi connectivity index (χ4n) is 1.95. The van der Waals surface area contributed by atoms with E-state index in [1.807, 2.05) is 45.0 Å². The number of carbonyl (C=O) groups excluding carboxylic acids is 1. The summed E-state index contributed by atoms with van der Waals surface area (Å²) in [5.74, 6) is 0.0805. The number of hydrogen-bond donors (Lipinski definition) is 1. The van der Waals surface area contributed by atoms with Gasteiger partial charge in [-0.3, -0.25) is 4.79 Å². The van der Waals surface area contributed by atoms with E-state index in [9.17, 15) is 4.79 Å². The van der Waals surface area contributed by atoms with Gasteiger partial charge in [0.05, 0.1) is 12.0 Å². The predicted octanol–water partition coefficient (Wildman–Crippen LogP) is 2.04. The summed E-state index contributed by atoms with van der Waals surface area (Å²) in [6.07, 6.45) is 0. The molecule has 0 saturated carbocycles. The summed E-state index contributed by atoms with van der Waals surface area (Å²) < 4.78 is 5.28. The van der Waals surface area contributed by atoms with Gasteiger partial charge >= 0.3 is 0 Å². The Morgan fingerprint density at radius 1 is 1.32 bits per heavy atom. The molecule has 0 bridgehead atoms. The van der Waals surface area contributed by atoms with Gasteiger partial charge in [0.15, 0.2) is 0 Å². The molecule has 0 unspecified atom stereocenters. The normalized spacial score (nSPS) is 11.4. The maximum Gasteiger partial charge on any atom is 0.232 e. The summed E-state index contributed by atoms with van der Waals surface area (Å²) in [6.45, 7) is 7.64. The first-order valence-electron chi connectivity index (χ1n) is 6.59. The second-order valence-corrected chi connectivity index (χ2v) is 5.17. The third-order valence-electron chi connectivity index (χ3n) is 3.29. The first kappa shape index (κ1) is 15.5. The van der Waals surface area contributed by atoms with Crippen LogP contribution in [0, 0.1) is 0 Å². The number of ether oxygens (including phenoxy) is 1. The predicted molar refractivity (Wildman–Crippen MR) is 78.0 cm³/mol. The van der Waals surface area contributed by atoms with Crippen molar-refractivity contribution in [2.75, 3.05) is 32.5 Å². The van der Waals surface area contributed by atoms with Crippen LogP contribution in [-0.4, -0.2) is 37.6 Å². The lowest BCUT2D eigenvalue weighted by Gasteiger charge is -2.30. The Balaban J connectivity index is 2.75. The molecule has 4 nitrogen and oxygen atoms in total. The molecule has 1 aromatic rings. The van der Waals surface area contributed by atoms with E-state index in [0.29, 0.717) is 25.4 Å². The van der Waals surface area contributed by atoms with E-state index in [0.717, 1.165) is 5.56 Å². The van der Waals surface area contributed by atoms with Crippen LogP contribution >= 0.6 is 0 Å². The fraction of sp³-hybridized carbons (Fsp3) is 0.533. The molecule has 0 aromatic heterocycles. The third kappa shape index (κ3) is 3.96. The second-order valence-electron chi connectivity index (χ2n) is 5.17. The van der Waals surface area contributed by atoms with Crippen molar-refractivity contribution < 1.29 is 9.53 Å². The number of rotatable bonds is 6. The average molecular weight is 264 g/mol. The number of hydrogen-bond acceptors (Lipinski definition) is 3. The van der Waals surface area contributed by atoms with Crippen molar-refractivity contribution in [3.63, 3.8) is 0 Å². The Labute approximate surface area is 115 Å². The molecule has 0 saturated heterocycles. The minimum absolute atomic E-state index is 0.0805. The summed E-state index contributed by atoms with van der Waals surface area (Å²) in [6, 6.07) is 7.46. The summed E-state index contributed by atoms with van der Waals surface area (Å²) in [7, 11) is 1.81. The average Bonchev–Trinajstić information content (AvgIpc) is 2.38. The van der Waals surface area contributed by atoms with Crippen LogP contribution in [0.3, 0.4) is 0 Å². The zero-order valence-corrected chi connectivity index (χ0v) is 12.3. The van der Waals surface area contributed by atoms with E-state index in [1.54, 1.807) is 11.9 Å². The quantitative estimate of drug-likeness (QED) is 0.632. The molecule has 106 valence electrons. The number of carbonyl (C=O) groups is 1. The Morgan fingerprint density at radius 3 is 2.42 bits per heavy atom. The molecule has 19 heavy (non-hydrogen) atoms. The van der Waals surface area contributed by atoms with Gasteiger partial charge in [-0.25, -0.2) is 0 Å². The van der Waals surface area contributed by atoms with Crippen LogP contribution in [0.25, 0.3) is 0 Å². The van der Waals surface area contributed by atoms with E-state index < -0.39 is 5.41 Å². The second kappa shape index (κ2) is 6.57. The molecule has 0 aliphatic heterocycles. The molecule has 2 N–H and O–H groups in total. The van der Waals surface area contributed by atoms with Gasteiger partial charge in [0.1, 0.15) is 0 Å². The molecule has 0 heterocycles. The summed E-state index contributed by atoms with van der Waals surface area (Å²) in [5, 5.41) is 0. The zero-order chi connectivity index (χ0) is 14.5. The Morgan fingerprint density at radius 2 is 1.89 bits per heavy atom. The molecule has 0 fully saturated rings. The van der Waals surface area contributed by atoms with Crippen molar-refractivity contribution in [2.45, 2.75) is 26.2 Å². The highest BCUT2D eigenvalue weighted by molar-refractivity contribution is 5.87. The summed E-state index contributed by atoms with van der Waals surface area (Å²) >= 11 is 0. The first-order chi connectivity index (χ1) is 8.89. The minimum Gasteiger partial charge on any atom is -0.399 e. The van der Waals surface area contributed by atoms with E-state index in [2.05, 4.69) is 0 Å². The van der Waals surface area contributed by atoms with Crippen LogP contribution < -0.4 is 5.73 Å². The molecule has 1 rings (SSSR count). The van der Waals surface area contributed by atoms with Crippen LogP contribution in [0.5, 0.6) is 0 Å². The van der Waals surface area contributed by atoms with Crippen LogP contribution in [0.2, 0.25) is 0 Å². The van der Waals surface area contributed by atoms with Crippen LogP contribution in [0.1, 0.15) is 26.3 Å². The van der Waals surface area contributed by atoms with Crippen LogP contribution in [0.15, 0.2) is 24.3 Å². The van der Waals surface area contributed by atoms with Gasteiger partial charge in [0.2, 0.25) is 5.91 Å². The molecular weight excluding hydrogens is 240 g/mol. The molecule has 4 heteroatoms. The molecule has 1 amide bonds. The molecule has 0 atom stereocenters. The maximum absolute atomic E-state index is 12.5. The highest BCUT2D eigenvalue weighted by Crippen LogP contribution is 2.26. The Kier molecular flexibility index (Phi) is 5.36. The van der Waals surface area contributed by atoms with Gasteiger partial charge in [-0.1, -0.05) is 12.1 Å². The van der Waals surface area contributed by atoms with E-state index in [4.69, 9.17) is 10.5 Å². The van der Waals surface area contributed by atoms with Crippen molar-refractivity contribution in [3.05, 3.63) is 29.8 Å². The third-order valence-corrected chi connectivity index (χ3v) is 3.29. The first-order valence-corrected chi connectivity index (χ1v) is 6.59. The van der Waals surface area contributed by atoms with Crippen molar-refractivity contribution in [3.8, 4) is 0 Å². The molecule has 0 aliphatic carbocycles. The smallest absolute Gasteiger partial charge is 0.232 e. The van der Waals surface area contributed by atoms with E-state index in [-0.39, 0.29) is 5.91 Å². The number of amides is 1. The topological polar surface area (TPSA) is 55.6 Å². The summed E-state index contributed by atoms with van der Waals surface area (Å²) in [5.41, 5.74) is 6.79. The molecule has 0 aliphatic rings. The van der Waals surface area contributed by atoms with Crippen molar-refractivity contribution in [1.82, 2.24) is 4.90 Å². The van der Waals surface area contributed by atoms with Gasteiger partial charge < -0.3 is 15.4 Å². The lowest BCUT2D eigenvalue weighted by atomic mass is 9.83. The molecule has 0 spiro atoms. The molecule has 1 aromatic carbocycles. The van der Waals surface area contributed by atoms with Crippen LogP contribution in [-0.2, 0) is 14.9 Å². The Bertz CT molecular complexity index is 413. The standard InChI is InChI=1S/C15H24N2O2/c1-5-19-11-10-17(4)14(18)15(2,3)12-6-8-13(16)9-7-12/h6-9H,5,10-11,16H2,1-4H3. The lowest BCUT2D eigenvalue weighted by Crippen LogP contribution is -2.42. The number of nitrogens with zero attached hydrogens (tertiary/aromatic N) is 1. The van der Waals surface area contributed by atoms with Crippen molar-refractivity contribution >= 4 is 11.6 Å². The SMILES string of the molecule is CCOCCN(C)C(=O)C(C)(C)c1ccc(N)cc1. The molecule has 0 radical (unpaired) electrons. The highest BCUT2D eigenvalue weighted by atomic mass is 16.5. The van der Waals surface area contributed by atoms with Crippen molar-refractivity contribution in [2.24, 2.45) is 0 Å². The van der Waals surface area contributed by atoms with E-state index in [1.165, 1.54) is 0 Å². The minimum atomic E-state index is -0.561. The largest absolute Gasteiger partial charge is 0.399 e. The summed E-state index contributed by atoms with van der Waals surface area (Å²) in [4.78, 5) is 14.2.